The van der Waals surface area contributed by atoms with Crippen molar-refractivity contribution in [3.63, 3.8) is 0 Å². The Morgan fingerprint density at radius 2 is 1.95 bits per heavy atom. The van der Waals surface area contributed by atoms with Crippen molar-refractivity contribution in [2.75, 3.05) is 41.4 Å². The van der Waals surface area contributed by atoms with Gasteiger partial charge in [0.25, 0.3) is 0 Å². The molecule has 22 heavy (non-hydrogen) atoms. The number of likely N-dealkylation sites (N-methyl/N-ethyl adjacent to an activating group) is 1. The lowest BCUT2D eigenvalue weighted by Crippen LogP contribution is -2.48. The minimum Gasteiger partial charge on any atom is -0.385 e. The summed E-state index contributed by atoms with van der Waals surface area (Å²) in [4.78, 5) is 2.02. The van der Waals surface area contributed by atoms with Crippen LogP contribution in [-0.4, -0.2) is 69.8 Å². The van der Waals surface area contributed by atoms with Gasteiger partial charge in [-0.15, -0.1) is 0 Å². The zero-order chi connectivity index (χ0) is 17.1. The Bertz CT molecular complexity index is 325. The highest BCUT2D eigenvalue weighted by molar-refractivity contribution is 5.13. The lowest BCUT2D eigenvalue weighted by atomic mass is 10.2. The van der Waals surface area contributed by atoms with Crippen LogP contribution in [0.1, 0.15) is 26.7 Å². The fourth-order valence-electron chi connectivity index (χ4n) is 2.24. The molecule has 0 aromatic heterocycles. The molecule has 0 aromatic rings. The molecule has 7 nitrogen and oxygen atoms in total. The largest absolute Gasteiger partial charge is 0.385 e. The molecule has 0 aliphatic carbocycles. The normalized spacial score (nSPS) is 16.9. The summed E-state index contributed by atoms with van der Waals surface area (Å²) in [5.74, 6) is 0.746. The molecular formula is C15H35N5O2. The van der Waals surface area contributed by atoms with Gasteiger partial charge in [-0.2, -0.15) is 0 Å². The maximum atomic E-state index is 9.49. The number of rotatable bonds is 12. The van der Waals surface area contributed by atoms with E-state index in [-0.39, 0.29) is 12.2 Å². The van der Waals surface area contributed by atoms with Crippen molar-refractivity contribution in [2.24, 2.45) is 5.73 Å². The Labute approximate surface area is 135 Å². The van der Waals surface area contributed by atoms with Gasteiger partial charge in [0.05, 0.1) is 12.8 Å². The van der Waals surface area contributed by atoms with Gasteiger partial charge < -0.3 is 25.8 Å². The molecule has 0 heterocycles. The second-order valence-corrected chi connectivity index (χ2v) is 5.68. The van der Waals surface area contributed by atoms with Crippen molar-refractivity contribution in [3.05, 3.63) is 11.4 Å². The van der Waals surface area contributed by atoms with Gasteiger partial charge in [0, 0.05) is 26.7 Å². The highest BCUT2D eigenvalue weighted by Crippen LogP contribution is 2.08. The van der Waals surface area contributed by atoms with E-state index in [0.29, 0.717) is 13.0 Å². The molecule has 0 aliphatic rings. The number of hydrogen-bond acceptors (Lipinski definition) is 7. The number of hydrogen-bond donors (Lipinski definition) is 5. The lowest BCUT2D eigenvalue weighted by Gasteiger charge is -2.28. The molecule has 0 aliphatic heterocycles. The highest BCUT2D eigenvalue weighted by atomic mass is 16.5. The van der Waals surface area contributed by atoms with Gasteiger partial charge in [0.1, 0.15) is 12.0 Å². The molecule has 2 unspecified atom stereocenters. The number of aliphatic hydroxyl groups excluding tert-OH is 1. The van der Waals surface area contributed by atoms with Crippen LogP contribution in [0.2, 0.25) is 0 Å². The molecule has 0 radical (unpaired) electrons. The quantitative estimate of drug-likeness (QED) is 0.313. The van der Waals surface area contributed by atoms with Crippen molar-refractivity contribution < 1.29 is 9.84 Å². The maximum Gasteiger partial charge on any atom is 0.104 e. The van der Waals surface area contributed by atoms with Gasteiger partial charge in [-0.05, 0) is 46.4 Å². The van der Waals surface area contributed by atoms with Crippen LogP contribution in [0, 0.1) is 0 Å². The average Bonchev–Trinajstić information content (AvgIpc) is 2.50. The van der Waals surface area contributed by atoms with E-state index in [9.17, 15) is 5.11 Å². The van der Waals surface area contributed by atoms with E-state index < -0.39 is 6.23 Å². The molecule has 132 valence electrons. The molecule has 0 fully saturated rings. The van der Waals surface area contributed by atoms with E-state index in [4.69, 9.17) is 10.5 Å². The first kappa shape index (κ1) is 21.1. The molecule has 0 amide bonds. The van der Waals surface area contributed by atoms with Crippen molar-refractivity contribution in [2.45, 2.75) is 45.1 Å². The SMILES string of the molecule is CNC(O)CCCN(C)/C(N)=C(\C)C(NC)N[C@H](C)COC. The summed E-state index contributed by atoms with van der Waals surface area (Å²) in [6, 6.07) is 0.223. The second-order valence-electron chi connectivity index (χ2n) is 5.68. The highest BCUT2D eigenvalue weighted by Gasteiger charge is 2.16. The minimum absolute atomic E-state index is 0.00417. The molecule has 6 N–H and O–H groups in total. The molecule has 0 aromatic carbocycles. The molecule has 3 atom stereocenters. The summed E-state index contributed by atoms with van der Waals surface area (Å²) in [5, 5.41) is 19.0. The number of nitrogens with one attached hydrogen (secondary N) is 3. The molecule has 0 rings (SSSR count). The second kappa shape index (κ2) is 11.7. The Hall–Kier alpha value is -0.860. The summed E-state index contributed by atoms with van der Waals surface area (Å²) < 4.78 is 5.15. The van der Waals surface area contributed by atoms with Gasteiger partial charge >= 0.3 is 0 Å². The number of methoxy groups -OCH3 is 1. The van der Waals surface area contributed by atoms with Crippen LogP contribution in [-0.2, 0) is 4.74 Å². The maximum absolute atomic E-state index is 9.49. The fourth-order valence-corrected chi connectivity index (χ4v) is 2.24. The van der Waals surface area contributed by atoms with Gasteiger partial charge in [0.15, 0.2) is 0 Å². The topological polar surface area (TPSA) is 94.8 Å². The van der Waals surface area contributed by atoms with Crippen LogP contribution >= 0.6 is 0 Å². The first-order valence-corrected chi connectivity index (χ1v) is 7.82. The Morgan fingerprint density at radius 1 is 1.32 bits per heavy atom. The van der Waals surface area contributed by atoms with Crippen molar-refractivity contribution in [1.82, 2.24) is 20.9 Å². The van der Waals surface area contributed by atoms with Gasteiger partial charge in [0.2, 0.25) is 0 Å². The van der Waals surface area contributed by atoms with Gasteiger partial charge in [-0.3, -0.25) is 10.6 Å². The lowest BCUT2D eigenvalue weighted by molar-refractivity contribution is 0.131. The molecular weight excluding hydrogens is 282 g/mol. The third-order valence-electron chi connectivity index (χ3n) is 3.71. The number of nitrogens with two attached hydrogens (primary N) is 1. The van der Waals surface area contributed by atoms with E-state index in [1.807, 2.05) is 25.9 Å². The first-order valence-electron chi connectivity index (χ1n) is 7.82. The summed E-state index contributed by atoms with van der Waals surface area (Å²) >= 11 is 0. The summed E-state index contributed by atoms with van der Waals surface area (Å²) in [7, 11) is 7.31. The fraction of sp³-hybridized carbons (Fsp3) is 0.867. The number of ether oxygens (including phenoxy) is 1. The molecule has 0 saturated heterocycles. The van der Waals surface area contributed by atoms with Crippen LogP contribution in [0.15, 0.2) is 11.4 Å². The van der Waals surface area contributed by atoms with E-state index >= 15 is 0 Å². The zero-order valence-electron chi connectivity index (χ0n) is 14.9. The zero-order valence-corrected chi connectivity index (χ0v) is 14.9. The van der Waals surface area contributed by atoms with Crippen molar-refractivity contribution in [1.29, 1.82) is 0 Å². The first-order chi connectivity index (χ1) is 10.4. The summed E-state index contributed by atoms with van der Waals surface area (Å²) in [6.45, 7) is 5.53. The van der Waals surface area contributed by atoms with Crippen molar-refractivity contribution in [3.8, 4) is 0 Å². The minimum atomic E-state index is -0.457. The Balaban J connectivity index is 4.56. The number of aliphatic hydroxyl groups is 1. The monoisotopic (exact) mass is 317 g/mol. The standard InChI is InChI=1S/C15H35N5O2/c1-11(10-22-6)19-15(18-4)12(2)14(16)20(5)9-7-8-13(21)17-3/h11,13,15,17-19,21H,7-10,16H2,1-6H3/b14-12+/t11-,13?,15?/m1/s1. The predicted octanol–water partition coefficient (Wildman–Crippen LogP) is -0.404. The molecule has 0 spiro atoms. The van der Waals surface area contributed by atoms with E-state index in [0.717, 1.165) is 24.4 Å². The van der Waals surface area contributed by atoms with Crippen LogP contribution < -0.4 is 21.7 Å². The van der Waals surface area contributed by atoms with Crippen LogP contribution in [0.3, 0.4) is 0 Å². The third kappa shape index (κ3) is 7.95. The van der Waals surface area contributed by atoms with Crippen LogP contribution in [0.5, 0.6) is 0 Å². The molecule has 7 heteroatoms. The molecule has 0 saturated carbocycles. The van der Waals surface area contributed by atoms with E-state index in [1.54, 1.807) is 14.2 Å². The summed E-state index contributed by atoms with van der Waals surface area (Å²) in [5.41, 5.74) is 7.30. The average molecular weight is 317 g/mol. The smallest absolute Gasteiger partial charge is 0.104 e. The Morgan fingerprint density at radius 3 is 2.45 bits per heavy atom. The molecule has 0 bridgehead atoms. The van der Waals surface area contributed by atoms with E-state index in [1.165, 1.54) is 0 Å². The van der Waals surface area contributed by atoms with E-state index in [2.05, 4.69) is 22.9 Å². The van der Waals surface area contributed by atoms with Crippen LogP contribution in [0.25, 0.3) is 0 Å². The van der Waals surface area contributed by atoms with Gasteiger partial charge in [-0.1, -0.05) is 0 Å². The van der Waals surface area contributed by atoms with Crippen LogP contribution in [0.4, 0.5) is 0 Å². The Kier molecular flexibility index (Phi) is 11.2. The summed E-state index contributed by atoms with van der Waals surface area (Å²) in [6.07, 6.45) is 1.10. The third-order valence-corrected chi connectivity index (χ3v) is 3.71. The predicted molar refractivity (Wildman–Crippen MR) is 91.1 cm³/mol. The van der Waals surface area contributed by atoms with Crippen molar-refractivity contribution >= 4 is 0 Å². The number of nitrogens with zero attached hydrogens (tertiary/aromatic N) is 1. The van der Waals surface area contributed by atoms with Gasteiger partial charge in [-0.25, -0.2) is 0 Å².